The van der Waals surface area contributed by atoms with Crippen LogP contribution in [0.3, 0.4) is 0 Å². The van der Waals surface area contributed by atoms with Gasteiger partial charge in [-0.1, -0.05) is 24.3 Å². The Bertz CT molecular complexity index is 649. The molecule has 0 radical (unpaired) electrons. The summed E-state index contributed by atoms with van der Waals surface area (Å²) in [4.78, 5) is 14.0. The lowest BCUT2D eigenvalue weighted by molar-refractivity contribution is -0.121. The number of nitrogens with zero attached hydrogens (tertiary/aromatic N) is 1. The molecule has 0 atom stereocenters. The SMILES string of the molecule is COc1ccc(CCC(=O)NCCCc2ccc(N(C)C)cc2)cc1. The van der Waals surface area contributed by atoms with Gasteiger partial charge in [0.1, 0.15) is 5.75 Å². The Morgan fingerprint density at radius 2 is 1.56 bits per heavy atom. The number of rotatable bonds is 9. The van der Waals surface area contributed by atoms with Crippen molar-refractivity contribution in [2.24, 2.45) is 0 Å². The fourth-order valence-electron chi connectivity index (χ4n) is 2.62. The number of aryl methyl sites for hydroxylation is 2. The first kappa shape index (κ1) is 18.8. The van der Waals surface area contributed by atoms with Crippen molar-refractivity contribution in [3.05, 3.63) is 59.7 Å². The third kappa shape index (κ3) is 6.49. The molecule has 2 aromatic carbocycles. The molecular weight excluding hydrogens is 312 g/mol. The van der Waals surface area contributed by atoms with Gasteiger partial charge >= 0.3 is 0 Å². The molecule has 0 heterocycles. The third-order valence-electron chi connectivity index (χ3n) is 4.22. The molecule has 0 bridgehead atoms. The van der Waals surface area contributed by atoms with E-state index in [1.165, 1.54) is 11.3 Å². The predicted octanol–water partition coefficient (Wildman–Crippen LogP) is 3.44. The number of ether oxygens (including phenoxy) is 1. The molecule has 0 aliphatic rings. The second-order valence-corrected chi connectivity index (χ2v) is 6.36. The van der Waals surface area contributed by atoms with Gasteiger partial charge in [-0.25, -0.2) is 0 Å². The molecule has 0 fully saturated rings. The maximum atomic E-state index is 11.9. The molecule has 0 spiro atoms. The number of carbonyl (C=O) groups is 1. The summed E-state index contributed by atoms with van der Waals surface area (Å²) in [7, 11) is 5.73. The highest BCUT2D eigenvalue weighted by Crippen LogP contribution is 2.14. The van der Waals surface area contributed by atoms with E-state index in [-0.39, 0.29) is 5.91 Å². The zero-order valence-corrected chi connectivity index (χ0v) is 15.4. The lowest BCUT2D eigenvalue weighted by Gasteiger charge is -2.12. The molecule has 0 saturated heterocycles. The third-order valence-corrected chi connectivity index (χ3v) is 4.22. The summed E-state index contributed by atoms with van der Waals surface area (Å²) in [6.07, 6.45) is 3.20. The van der Waals surface area contributed by atoms with Gasteiger partial charge in [-0.15, -0.1) is 0 Å². The van der Waals surface area contributed by atoms with Crippen LogP contribution >= 0.6 is 0 Å². The summed E-state index contributed by atoms with van der Waals surface area (Å²) in [6, 6.07) is 16.4. The first-order chi connectivity index (χ1) is 12.1. The van der Waals surface area contributed by atoms with Gasteiger partial charge in [-0.2, -0.15) is 0 Å². The number of hydrogen-bond donors (Lipinski definition) is 1. The summed E-state index contributed by atoms with van der Waals surface area (Å²) in [6.45, 7) is 0.719. The van der Waals surface area contributed by atoms with Gasteiger partial charge in [0, 0.05) is 32.7 Å². The molecule has 1 amide bonds. The maximum Gasteiger partial charge on any atom is 0.220 e. The van der Waals surface area contributed by atoms with E-state index in [1.807, 2.05) is 38.4 Å². The number of hydrogen-bond acceptors (Lipinski definition) is 3. The minimum Gasteiger partial charge on any atom is -0.497 e. The summed E-state index contributed by atoms with van der Waals surface area (Å²) >= 11 is 0. The van der Waals surface area contributed by atoms with E-state index in [4.69, 9.17) is 4.74 Å². The minimum atomic E-state index is 0.110. The minimum absolute atomic E-state index is 0.110. The average Bonchev–Trinajstić information content (AvgIpc) is 2.64. The van der Waals surface area contributed by atoms with Crippen LogP contribution < -0.4 is 15.0 Å². The number of amides is 1. The Kier molecular flexibility index (Phi) is 7.33. The van der Waals surface area contributed by atoms with E-state index in [9.17, 15) is 4.79 Å². The maximum absolute atomic E-state index is 11.9. The zero-order chi connectivity index (χ0) is 18.1. The quantitative estimate of drug-likeness (QED) is 0.711. The van der Waals surface area contributed by atoms with Crippen LogP contribution in [0, 0.1) is 0 Å². The van der Waals surface area contributed by atoms with Crippen molar-refractivity contribution in [3.63, 3.8) is 0 Å². The second kappa shape index (κ2) is 9.72. The molecule has 2 rings (SSSR count). The van der Waals surface area contributed by atoms with E-state index in [0.29, 0.717) is 6.42 Å². The van der Waals surface area contributed by atoms with Crippen LogP contribution in [0.25, 0.3) is 0 Å². The van der Waals surface area contributed by atoms with Crippen molar-refractivity contribution in [2.45, 2.75) is 25.7 Å². The van der Waals surface area contributed by atoms with Crippen molar-refractivity contribution >= 4 is 11.6 Å². The van der Waals surface area contributed by atoms with Crippen LogP contribution in [0.5, 0.6) is 5.75 Å². The molecule has 0 aliphatic carbocycles. The standard InChI is InChI=1S/C21H28N2O2/c1-23(2)19-11-6-17(7-12-19)5-4-16-22-21(24)15-10-18-8-13-20(25-3)14-9-18/h6-9,11-14H,4-5,10,15-16H2,1-3H3,(H,22,24). The molecule has 4 heteroatoms. The zero-order valence-electron chi connectivity index (χ0n) is 15.4. The number of nitrogens with one attached hydrogen (secondary N) is 1. The van der Waals surface area contributed by atoms with Gasteiger partial charge < -0.3 is 15.0 Å². The van der Waals surface area contributed by atoms with Crippen LogP contribution in [0.2, 0.25) is 0 Å². The Morgan fingerprint density at radius 3 is 2.16 bits per heavy atom. The molecule has 4 nitrogen and oxygen atoms in total. The number of carbonyl (C=O) groups excluding carboxylic acids is 1. The van der Waals surface area contributed by atoms with Gasteiger partial charge in [0.05, 0.1) is 7.11 Å². The van der Waals surface area contributed by atoms with Gasteiger partial charge in [0.25, 0.3) is 0 Å². The smallest absolute Gasteiger partial charge is 0.220 e. The second-order valence-electron chi connectivity index (χ2n) is 6.36. The van der Waals surface area contributed by atoms with Gasteiger partial charge in [-0.3, -0.25) is 4.79 Å². The Balaban J connectivity index is 1.63. The van der Waals surface area contributed by atoms with Crippen LogP contribution in [0.4, 0.5) is 5.69 Å². The predicted molar refractivity (Wildman–Crippen MR) is 103 cm³/mol. The lowest BCUT2D eigenvalue weighted by Crippen LogP contribution is -2.24. The van der Waals surface area contributed by atoms with Gasteiger partial charge in [0.2, 0.25) is 5.91 Å². The van der Waals surface area contributed by atoms with E-state index in [0.717, 1.165) is 37.1 Å². The highest BCUT2D eigenvalue weighted by atomic mass is 16.5. The molecule has 2 aromatic rings. The van der Waals surface area contributed by atoms with Crippen LogP contribution in [0.1, 0.15) is 24.0 Å². The Morgan fingerprint density at radius 1 is 0.960 bits per heavy atom. The first-order valence-electron chi connectivity index (χ1n) is 8.74. The molecule has 134 valence electrons. The van der Waals surface area contributed by atoms with Crippen molar-refractivity contribution in [1.29, 1.82) is 0 Å². The highest BCUT2D eigenvalue weighted by molar-refractivity contribution is 5.76. The first-order valence-corrected chi connectivity index (χ1v) is 8.74. The summed E-state index contributed by atoms with van der Waals surface area (Å²) < 4.78 is 5.13. The molecule has 0 saturated carbocycles. The Labute approximate surface area is 150 Å². The normalized spacial score (nSPS) is 10.4. The van der Waals surface area contributed by atoms with E-state index in [1.54, 1.807) is 7.11 Å². The molecular formula is C21H28N2O2. The lowest BCUT2D eigenvalue weighted by atomic mass is 10.1. The summed E-state index contributed by atoms with van der Waals surface area (Å²) in [5.41, 5.74) is 3.66. The van der Waals surface area contributed by atoms with Crippen molar-refractivity contribution < 1.29 is 9.53 Å². The van der Waals surface area contributed by atoms with Crippen LogP contribution in [0.15, 0.2) is 48.5 Å². The number of methoxy groups -OCH3 is 1. The van der Waals surface area contributed by atoms with Crippen LogP contribution in [-0.4, -0.2) is 33.7 Å². The van der Waals surface area contributed by atoms with Gasteiger partial charge in [0.15, 0.2) is 0 Å². The highest BCUT2D eigenvalue weighted by Gasteiger charge is 2.03. The molecule has 25 heavy (non-hydrogen) atoms. The number of benzene rings is 2. The Hall–Kier alpha value is -2.49. The molecule has 0 aliphatic heterocycles. The fraction of sp³-hybridized carbons (Fsp3) is 0.381. The monoisotopic (exact) mass is 340 g/mol. The summed E-state index contributed by atoms with van der Waals surface area (Å²) in [5, 5.41) is 3.00. The molecule has 1 N–H and O–H groups in total. The fourth-order valence-corrected chi connectivity index (χ4v) is 2.62. The molecule has 0 unspecified atom stereocenters. The van der Waals surface area contributed by atoms with Gasteiger partial charge in [-0.05, 0) is 54.7 Å². The summed E-state index contributed by atoms with van der Waals surface area (Å²) in [5.74, 6) is 0.950. The van der Waals surface area contributed by atoms with E-state index >= 15 is 0 Å². The van der Waals surface area contributed by atoms with E-state index < -0.39 is 0 Å². The largest absolute Gasteiger partial charge is 0.497 e. The van der Waals surface area contributed by atoms with Crippen molar-refractivity contribution in [2.75, 3.05) is 32.6 Å². The average molecular weight is 340 g/mol. The van der Waals surface area contributed by atoms with Crippen molar-refractivity contribution in [1.82, 2.24) is 5.32 Å². The van der Waals surface area contributed by atoms with E-state index in [2.05, 4.69) is 34.5 Å². The van der Waals surface area contributed by atoms with Crippen LogP contribution in [-0.2, 0) is 17.6 Å². The molecule has 0 aromatic heterocycles. The number of anilines is 1. The van der Waals surface area contributed by atoms with Crippen molar-refractivity contribution in [3.8, 4) is 5.75 Å². The topological polar surface area (TPSA) is 41.6 Å².